The summed E-state index contributed by atoms with van der Waals surface area (Å²) in [6, 6.07) is 6.95. The molecule has 0 unspecified atom stereocenters. The standard InChI is InChI=1S/C17H26N3O4/c1-17(2,3)24-16(21)18(4)13-9-11-19(12-10-13)14-5-7-15(8-6-14)20(22)23/h5-8,13H,9-12H2,1-4H3,(H,22,23)/q+1. The smallest absolute Gasteiger partial charge is 0.410 e. The quantitative estimate of drug-likeness (QED) is 0.857. The number of benzene rings is 1. The van der Waals surface area contributed by atoms with E-state index in [1.807, 2.05) is 32.9 Å². The van der Waals surface area contributed by atoms with Crippen molar-refractivity contribution in [3.8, 4) is 0 Å². The molecule has 0 spiro atoms. The molecule has 132 valence electrons. The molecule has 1 saturated heterocycles. The Labute approximate surface area is 142 Å². The molecule has 7 heteroatoms. The Morgan fingerprint density at radius 1 is 1.25 bits per heavy atom. The van der Waals surface area contributed by atoms with E-state index < -0.39 is 5.60 Å². The van der Waals surface area contributed by atoms with Gasteiger partial charge in [0.2, 0.25) is 0 Å². The zero-order valence-corrected chi connectivity index (χ0v) is 14.7. The molecule has 1 heterocycles. The fourth-order valence-corrected chi connectivity index (χ4v) is 2.79. The van der Waals surface area contributed by atoms with Crippen LogP contribution in [0.5, 0.6) is 0 Å². The molecular weight excluding hydrogens is 310 g/mol. The Morgan fingerprint density at radius 3 is 2.25 bits per heavy atom. The molecule has 1 amide bonds. The molecule has 1 aliphatic rings. The maximum atomic E-state index is 12.1. The Hall–Kier alpha value is -2.31. The lowest BCUT2D eigenvalue weighted by Gasteiger charge is -2.38. The molecule has 1 aromatic carbocycles. The van der Waals surface area contributed by atoms with Crippen LogP contribution in [0.15, 0.2) is 24.3 Å². The molecule has 2 rings (SSSR count). The number of hydrogen-bond acceptors (Lipinski definition) is 4. The van der Waals surface area contributed by atoms with E-state index in [1.165, 1.54) is 0 Å². The molecule has 0 bridgehead atoms. The van der Waals surface area contributed by atoms with Crippen molar-refractivity contribution in [2.24, 2.45) is 0 Å². The van der Waals surface area contributed by atoms with Gasteiger partial charge in [-0.1, -0.05) is 0 Å². The first-order chi connectivity index (χ1) is 11.2. The van der Waals surface area contributed by atoms with Crippen LogP contribution in [0.25, 0.3) is 0 Å². The second-order valence-electron chi connectivity index (χ2n) is 7.10. The molecular formula is C17H26N3O4+. The average molecular weight is 336 g/mol. The zero-order chi connectivity index (χ0) is 17.9. The summed E-state index contributed by atoms with van der Waals surface area (Å²) in [5.74, 6) is 0. The summed E-state index contributed by atoms with van der Waals surface area (Å²) in [4.78, 5) is 26.7. The molecule has 0 aliphatic carbocycles. The molecule has 1 fully saturated rings. The largest absolute Gasteiger partial charge is 0.444 e. The van der Waals surface area contributed by atoms with Crippen LogP contribution in [-0.4, -0.2) is 52.9 Å². The van der Waals surface area contributed by atoms with Crippen LogP contribution in [0.3, 0.4) is 0 Å². The molecule has 0 radical (unpaired) electrons. The molecule has 0 aromatic heterocycles. The molecule has 0 saturated carbocycles. The van der Waals surface area contributed by atoms with Crippen molar-refractivity contribution in [1.29, 1.82) is 0 Å². The van der Waals surface area contributed by atoms with E-state index >= 15 is 0 Å². The molecule has 7 nitrogen and oxygen atoms in total. The van der Waals surface area contributed by atoms with Gasteiger partial charge in [0.15, 0.2) is 0 Å². The van der Waals surface area contributed by atoms with Crippen molar-refractivity contribution in [2.75, 3.05) is 25.0 Å². The number of carbonyl (C=O) groups is 1. The second-order valence-corrected chi connectivity index (χ2v) is 7.10. The van der Waals surface area contributed by atoms with E-state index in [1.54, 1.807) is 24.1 Å². The molecule has 1 aromatic rings. The Kier molecular flexibility index (Phi) is 5.31. The average Bonchev–Trinajstić information content (AvgIpc) is 2.53. The first-order valence-corrected chi connectivity index (χ1v) is 8.14. The molecule has 0 atom stereocenters. The van der Waals surface area contributed by atoms with Crippen molar-refractivity contribution < 1.29 is 19.7 Å². The monoisotopic (exact) mass is 336 g/mol. The van der Waals surface area contributed by atoms with E-state index in [2.05, 4.69) is 4.90 Å². The summed E-state index contributed by atoms with van der Waals surface area (Å²) in [5.41, 5.74) is 0.716. The number of piperidine rings is 1. The van der Waals surface area contributed by atoms with Gasteiger partial charge in [-0.25, -0.2) is 10.0 Å². The molecule has 1 aliphatic heterocycles. The van der Waals surface area contributed by atoms with Crippen LogP contribution in [0.2, 0.25) is 0 Å². The van der Waals surface area contributed by atoms with E-state index in [-0.39, 0.29) is 22.7 Å². The van der Waals surface area contributed by atoms with Crippen molar-refractivity contribution in [1.82, 2.24) is 4.90 Å². The number of hydrogen-bond donors (Lipinski definition) is 1. The summed E-state index contributed by atoms with van der Waals surface area (Å²) in [6.07, 6.45) is 1.42. The molecule has 1 N–H and O–H groups in total. The number of carbonyl (C=O) groups excluding carboxylic acids is 1. The predicted molar refractivity (Wildman–Crippen MR) is 90.7 cm³/mol. The van der Waals surface area contributed by atoms with Crippen molar-refractivity contribution in [3.05, 3.63) is 29.2 Å². The van der Waals surface area contributed by atoms with Gasteiger partial charge in [0.25, 0.3) is 4.92 Å². The summed E-state index contributed by atoms with van der Waals surface area (Å²) < 4.78 is 5.42. The number of amides is 1. The van der Waals surface area contributed by atoms with Gasteiger partial charge in [-0.15, -0.1) is 0 Å². The van der Waals surface area contributed by atoms with Gasteiger partial charge in [-0.2, -0.15) is 0 Å². The fraction of sp³-hybridized carbons (Fsp3) is 0.588. The third-order valence-electron chi connectivity index (χ3n) is 4.13. The highest BCUT2D eigenvalue weighted by Crippen LogP contribution is 2.25. The van der Waals surface area contributed by atoms with Crippen LogP contribution in [-0.2, 0) is 4.74 Å². The lowest BCUT2D eigenvalue weighted by molar-refractivity contribution is -0.729. The normalized spacial score (nSPS) is 15.9. The number of anilines is 1. The highest BCUT2D eigenvalue weighted by atomic mass is 16.6. The van der Waals surface area contributed by atoms with Gasteiger partial charge < -0.3 is 14.5 Å². The van der Waals surface area contributed by atoms with Gasteiger partial charge in [0.05, 0.1) is 4.91 Å². The lowest BCUT2D eigenvalue weighted by Crippen LogP contribution is -2.47. The fourth-order valence-electron chi connectivity index (χ4n) is 2.79. The Morgan fingerprint density at radius 2 is 1.79 bits per heavy atom. The summed E-state index contributed by atoms with van der Waals surface area (Å²) in [5, 5.41) is 8.87. The minimum Gasteiger partial charge on any atom is -0.444 e. The highest BCUT2D eigenvalue weighted by Gasteiger charge is 2.28. The van der Waals surface area contributed by atoms with E-state index in [4.69, 9.17) is 9.94 Å². The summed E-state index contributed by atoms with van der Waals surface area (Å²) in [6.45, 7) is 7.22. The predicted octanol–water partition coefficient (Wildman–Crippen LogP) is 3.32. The van der Waals surface area contributed by atoms with Crippen LogP contribution < -0.4 is 4.90 Å². The third kappa shape index (κ3) is 4.59. The minimum absolute atomic E-state index is 0.147. The maximum Gasteiger partial charge on any atom is 0.410 e. The van der Waals surface area contributed by atoms with E-state index in [0.29, 0.717) is 0 Å². The number of rotatable bonds is 3. The highest BCUT2D eigenvalue weighted by molar-refractivity contribution is 5.68. The van der Waals surface area contributed by atoms with Crippen molar-refractivity contribution in [2.45, 2.75) is 45.3 Å². The first kappa shape index (κ1) is 18.0. The second kappa shape index (κ2) is 7.07. The summed E-state index contributed by atoms with van der Waals surface area (Å²) >= 11 is 0. The van der Waals surface area contributed by atoms with Gasteiger partial charge in [-0.3, -0.25) is 0 Å². The number of ether oxygens (including phenoxy) is 1. The van der Waals surface area contributed by atoms with Crippen LogP contribution >= 0.6 is 0 Å². The first-order valence-electron chi connectivity index (χ1n) is 8.14. The van der Waals surface area contributed by atoms with Crippen molar-refractivity contribution >= 4 is 17.5 Å². The third-order valence-corrected chi connectivity index (χ3v) is 4.13. The van der Waals surface area contributed by atoms with E-state index in [0.717, 1.165) is 31.6 Å². The van der Waals surface area contributed by atoms with Gasteiger partial charge in [-0.05, 0) is 45.7 Å². The summed E-state index contributed by atoms with van der Waals surface area (Å²) in [7, 11) is 1.78. The van der Waals surface area contributed by atoms with Gasteiger partial charge in [0, 0.05) is 44.0 Å². The zero-order valence-electron chi connectivity index (χ0n) is 14.7. The van der Waals surface area contributed by atoms with Crippen LogP contribution in [0.1, 0.15) is 33.6 Å². The SMILES string of the molecule is CN(C(=O)OC(C)(C)C)C1CCN(c2ccc([N+](=O)O)cc2)CC1. The van der Waals surface area contributed by atoms with Crippen LogP contribution in [0, 0.1) is 4.91 Å². The lowest BCUT2D eigenvalue weighted by atomic mass is 10.0. The maximum absolute atomic E-state index is 12.1. The van der Waals surface area contributed by atoms with Crippen molar-refractivity contribution in [3.63, 3.8) is 0 Å². The number of nitrogens with zero attached hydrogens (tertiary/aromatic N) is 3. The minimum atomic E-state index is -0.490. The topological polar surface area (TPSA) is 73.1 Å². The van der Waals surface area contributed by atoms with E-state index in [9.17, 15) is 9.70 Å². The van der Waals surface area contributed by atoms with Gasteiger partial charge >= 0.3 is 11.8 Å². The van der Waals surface area contributed by atoms with Crippen LogP contribution in [0.4, 0.5) is 16.2 Å². The Bertz CT molecular complexity index is 587. The molecule has 24 heavy (non-hydrogen) atoms. The Balaban J connectivity index is 1.91. The van der Waals surface area contributed by atoms with Gasteiger partial charge in [0.1, 0.15) is 5.60 Å².